The molecule has 0 saturated heterocycles. The number of amides is 1. The first-order valence-electron chi connectivity index (χ1n) is 7.66. The number of rotatable bonds is 6. The highest BCUT2D eigenvalue weighted by molar-refractivity contribution is 6.30. The maximum absolute atomic E-state index is 12.0. The van der Waals surface area contributed by atoms with E-state index in [9.17, 15) is 4.79 Å². The fourth-order valence-electron chi connectivity index (χ4n) is 2.35. The molecule has 3 rings (SSSR count). The lowest BCUT2D eigenvalue weighted by Crippen LogP contribution is -2.15. The van der Waals surface area contributed by atoms with Gasteiger partial charge in [0.1, 0.15) is 0 Å². The number of halogens is 1. The topological polar surface area (TPSA) is 64.7 Å². The Morgan fingerprint density at radius 1 is 1.17 bits per heavy atom. The highest BCUT2D eigenvalue weighted by Gasteiger charge is 2.06. The zero-order valence-corrected chi connectivity index (χ0v) is 14.1. The monoisotopic (exact) mass is 343 g/mol. The van der Waals surface area contributed by atoms with Gasteiger partial charge in [-0.2, -0.15) is 10.2 Å². The van der Waals surface area contributed by atoms with Gasteiger partial charge in [-0.05, 0) is 30.7 Å². The molecule has 0 aliphatic rings. The van der Waals surface area contributed by atoms with Crippen LogP contribution in [0, 0.1) is 6.92 Å². The number of carbonyl (C=O) groups excluding carboxylic acids is 1. The van der Waals surface area contributed by atoms with Crippen molar-refractivity contribution < 1.29 is 4.79 Å². The lowest BCUT2D eigenvalue weighted by atomic mass is 10.2. The molecule has 0 spiro atoms. The first-order valence-corrected chi connectivity index (χ1v) is 8.04. The highest BCUT2D eigenvalue weighted by atomic mass is 35.5. The van der Waals surface area contributed by atoms with Crippen LogP contribution >= 0.6 is 11.6 Å². The van der Waals surface area contributed by atoms with Gasteiger partial charge in [-0.15, -0.1) is 0 Å². The molecule has 0 radical (unpaired) electrons. The Kier molecular flexibility index (Phi) is 4.96. The van der Waals surface area contributed by atoms with E-state index in [1.807, 2.05) is 49.6 Å². The smallest absolute Gasteiger partial charge is 0.227 e. The van der Waals surface area contributed by atoms with Gasteiger partial charge in [-0.25, -0.2) is 0 Å². The Hall–Kier alpha value is -2.60. The maximum Gasteiger partial charge on any atom is 0.227 e. The van der Waals surface area contributed by atoms with E-state index >= 15 is 0 Å². The average Bonchev–Trinajstić information content (AvgIpc) is 3.14. The molecule has 2 heterocycles. The van der Waals surface area contributed by atoms with Gasteiger partial charge in [0.25, 0.3) is 0 Å². The second-order valence-corrected chi connectivity index (χ2v) is 5.98. The number of hydrogen-bond acceptors (Lipinski definition) is 3. The van der Waals surface area contributed by atoms with Crippen molar-refractivity contribution in [3.05, 3.63) is 65.1 Å². The molecule has 1 amide bonds. The van der Waals surface area contributed by atoms with Crippen LogP contribution in [0.25, 0.3) is 0 Å². The van der Waals surface area contributed by atoms with Crippen LogP contribution in [0.2, 0.25) is 5.02 Å². The van der Waals surface area contributed by atoms with Crippen molar-refractivity contribution in [3.8, 4) is 0 Å². The minimum Gasteiger partial charge on any atom is -0.309 e. The summed E-state index contributed by atoms with van der Waals surface area (Å²) >= 11 is 5.98. The van der Waals surface area contributed by atoms with Crippen LogP contribution in [0.5, 0.6) is 0 Å². The third-order valence-corrected chi connectivity index (χ3v) is 3.72. The van der Waals surface area contributed by atoms with Gasteiger partial charge in [0.15, 0.2) is 5.82 Å². The fourth-order valence-corrected chi connectivity index (χ4v) is 2.56. The van der Waals surface area contributed by atoms with Gasteiger partial charge in [0, 0.05) is 36.4 Å². The summed E-state index contributed by atoms with van der Waals surface area (Å²) in [6.45, 7) is 3.06. The second-order valence-electron chi connectivity index (χ2n) is 5.55. The first kappa shape index (κ1) is 16.3. The molecule has 0 aliphatic carbocycles. The summed E-state index contributed by atoms with van der Waals surface area (Å²) in [6.07, 6.45) is 4.04. The number of nitrogens with one attached hydrogen (secondary N) is 1. The van der Waals surface area contributed by atoms with Crippen molar-refractivity contribution in [2.45, 2.75) is 26.4 Å². The van der Waals surface area contributed by atoms with Gasteiger partial charge in [-0.1, -0.05) is 23.7 Å². The Bertz CT molecular complexity index is 839. The molecular weight excluding hydrogens is 326 g/mol. The zero-order valence-electron chi connectivity index (χ0n) is 13.3. The Balaban J connectivity index is 1.52. The molecule has 0 atom stereocenters. The number of aromatic nitrogens is 4. The van der Waals surface area contributed by atoms with Gasteiger partial charge < -0.3 is 5.32 Å². The van der Waals surface area contributed by atoms with Crippen molar-refractivity contribution in [2.75, 3.05) is 5.32 Å². The van der Waals surface area contributed by atoms with Crippen LogP contribution < -0.4 is 5.32 Å². The summed E-state index contributed by atoms with van der Waals surface area (Å²) in [7, 11) is 0. The SMILES string of the molecule is Cc1ccn(CCC(=O)Nc2ccn(Cc3cccc(Cl)c3)n2)n1. The molecule has 0 unspecified atom stereocenters. The molecule has 0 fully saturated rings. The maximum atomic E-state index is 12.0. The van der Waals surface area contributed by atoms with Crippen molar-refractivity contribution >= 4 is 23.3 Å². The number of benzene rings is 1. The molecule has 0 bridgehead atoms. The molecule has 0 saturated carbocycles. The molecule has 2 aromatic heterocycles. The molecule has 1 aromatic carbocycles. The van der Waals surface area contributed by atoms with Crippen LogP contribution in [0.1, 0.15) is 17.7 Å². The first-order chi connectivity index (χ1) is 11.6. The summed E-state index contributed by atoms with van der Waals surface area (Å²) in [5.74, 6) is 0.454. The molecular formula is C17H18ClN5O. The Labute approximate surface area is 145 Å². The lowest BCUT2D eigenvalue weighted by molar-refractivity contribution is -0.116. The van der Waals surface area contributed by atoms with Gasteiger partial charge in [-0.3, -0.25) is 14.2 Å². The molecule has 6 nitrogen and oxygen atoms in total. The van der Waals surface area contributed by atoms with Crippen molar-refractivity contribution in [3.63, 3.8) is 0 Å². The van der Waals surface area contributed by atoms with E-state index in [1.54, 1.807) is 15.4 Å². The largest absolute Gasteiger partial charge is 0.309 e. The number of hydrogen-bond donors (Lipinski definition) is 1. The number of nitrogens with zero attached hydrogens (tertiary/aromatic N) is 4. The normalized spacial score (nSPS) is 10.8. The van der Waals surface area contributed by atoms with E-state index in [-0.39, 0.29) is 5.91 Å². The minimum atomic E-state index is -0.0869. The van der Waals surface area contributed by atoms with E-state index in [2.05, 4.69) is 15.5 Å². The lowest BCUT2D eigenvalue weighted by Gasteiger charge is -2.04. The molecule has 24 heavy (non-hydrogen) atoms. The van der Waals surface area contributed by atoms with Crippen LogP contribution in [0.15, 0.2) is 48.8 Å². The number of anilines is 1. The van der Waals surface area contributed by atoms with Crippen LogP contribution in [-0.2, 0) is 17.9 Å². The van der Waals surface area contributed by atoms with Gasteiger partial charge >= 0.3 is 0 Å². The van der Waals surface area contributed by atoms with Crippen molar-refractivity contribution in [2.24, 2.45) is 0 Å². The van der Waals surface area contributed by atoms with Crippen LogP contribution in [0.3, 0.4) is 0 Å². The predicted octanol–water partition coefficient (Wildman–Crippen LogP) is 3.12. The summed E-state index contributed by atoms with van der Waals surface area (Å²) in [5.41, 5.74) is 1.99. The molecule has 3 aromatic rings. The zero-order chi connectivity index (χ0) is 16.9. The molecule has 124 valence electrons. The quantitative estimate of drug-likeness (QED) is 0.748. The van der Waals surface area contributed by atoms with Crippen molar-refractivity contribution in [1.82, 2.24) is 19.6 Å². The van der Waals surface area contributed by atoms with Crippen LogP contribution in [0.4, 0.5) is 5.82 Å². The minimum absolute atomic E-state index is 0.0869. The molecule has 0 aliphatic heterocycles. The van der Waals surface area contributed by atoms with Crippen molar-refractivity contribution in [1.29, 1.82) is 0 Å². The second kappa shape index (κ2) is 7.31. The third kappa shape index (κ3) is 4.45. The van der Waals surface area contributed by atoms with E-state index in [0.29, 0.717) is 30.4 Å². The van der Waals surface area contributed by atoms with E-state index in [4.69, 9.17) is 11.6 Å². The summed E-state index contributed by atoms with van der Waals surface area (Å²) in [5, 5.41) is 12.1. The predicted molar refractivity (Wildman–Crippen MR) is 93.0 cm³/mol. The van der Waals surface area contributed by atoms with E-state index in [0.717, 1.165) is 11.3 Å². The standard InChI is InChI=1S/C17H18ClN5O/c1-13-5-8-22(20-13)10-7-17(24)19-16-6-9-23(21-16)12-14-3-2-4-15(18)11-14/h2-6,8-9,11H,7,10,12H2,1H3,(H,19,21,24). The Morgan fingerprint density at radius 3 is 2.75 bits per heavy atom. The van der Waals surface area contributed by atoms with E-state index in [1.165, 1.54) is 0 Å². The number of carbonyl (C=O) groups is 1. The number of aryl methyl sites for hydroxylation is 2. The summed E-state index contributed by atoms with van der Waals surface area (Å²) in [4.78, 5) is 12.0. The third-order valence-electron chi connectivity index (χ3n) is 3.48. The van der Waals surface area contributed by atoms with E-state index < -0.39 is 0 Å². The summed E-state index contributed by atoms with van der Waals surface area (Å²) < 4.78 is 3.52. The fraction of sp³-hybridized carbons (Fsp3) is 0.235. The highest BCUT2D eigenvalue weighted by Crippen LogP contribution is 2.12. The Morgan fingerprint density at radius 2 is 2.00 bits per heavy atom. The van der Waals surface area contributed by atoms with Crippen LogP contribution in [-0.4, -0.2) is 25.5 Å². The average molecular weight is 344 g/mol. The molecule has 1 N–H and O–H groups in total. The van der Waals surface area contributed by atoms with Gasteiger partial charge in [0.2, 0.25) is 5.91 Å². The summed E-state index contributed by atoms with van der Waals surface area (Å²) in [6, 6.07) is 11.3. The molecule has 7 heteroatoms. The van der Waals surface area contributed by atoms with Gasteiger partial charge in [0.05, 0.1) is 12.2 Å².